The molecule has 2 aliphatic carbocycles. The van der Waals surface area contributed by atoms with Crippen molar-refractivity contribution in [2.75, 3.05) is 6.61 Å². The summed E-state index contributed by atoms with van der Waals surface area (Å²) in [5.41, 5.74) is 2.63. The van der Waals surface area contributed by atoms with Crippen molar-refractivity contribution in [2.45, 2.75) is 58.9 Å². The molecular weight excluding hydrogens is 342 g/mol. The van der Waals surface area contributed by atoms with Crippen LogP contribution in [0.5, 0.6) is 0 Å². The number of amides is 1. The number of carbonyl (C=O) groups is 1. The summed E-state index contributed by atoms with van der Waals surface area (Å²) in [6.45, 7) is 8.19. The molecule has 2 heterocycles. The average Bonchev–Trinajstić information content (AvgIpc) is 3.17. The van der Waals surface area contributed by atoms with E-state index in [0.29, 0.717) is 22.8 Å². The van der Waals surface area contributed by atoms with Crippen LogP contribution in [0.1, 0.15) is 68.2 Å². The van der Waals surface area contributed by atoms with Crippen LogP contribution in [0.15, 0.2) is 18.6 Å². The monoisotopic (exact) mass is 369 g/mol. The minimum absolute atomic E-state index is 0.108. The van der Waals surface area contributed by atoms with Crippen molar-refractivity contribution in [2.24, 2.45) is 10.8 Å². The molecule has 2 N–H and O–H groups in total. The van der Waals surface area contributed by atoms with E-state index in [9.17, 15) is 9.90 Å². The number of aromatic nitrogens is 4. The van der Waals surface area contributed by atoms with Gasteiger partial charge in [0, 0.05) is 23.9 Å². The first-order valence-corrected chi connectivity index (χ1v) is 9.54. The number of hydrogen-bond acceptors (Lipinski definition) is 5. The number of hydrogen-bond donors (Lipinski definition) is 2. The van der Waals surface area contributed by atoms with Crippen LogP contribution in [0.2, 0.25) is 0 Å². The highest BCUT2D eigenvalue weighted by atomic mass is 16.3. The Morgan fingerprint density at radius 2 is 2.22 bits per heavy atom. The first-order valence-electron chi connectivity index (χ1n) is 9.54. The van der Waals surface area contributed by atoms with Crippen LogP contribution in [-0.4, -0.2) is 43.4 Å². The molecule has 0 saturated heterocycles. The molecule has 0 spiro atoms. The topological polar surface area (TPSA) is 92.9 Å². The highest BCUT2D eigenvalue weighted by Gasteiger charge is 2.56. The third-order valence-corrected chi connectivity index (χ3v) is 6.17. The highest BCUT2D eigenvalue weighted by Crippen LogP contribution is 2.65. The number of rotatable bonds is 4. The zero-order valence-corrected chi connectivity index (χ0v) is 16.4. The fraction of sp³-hybridized carbons (Fsp3) is 0.600. The van der Waals surface area contributed by atoms with Gasteiger partial charge in [-0.05, 0) is 30.1 Å². The van der Waals surface area contributed by atoms with E-state index < -0.39 is 0 Å². The van der Waals surface area contributed by atoms with Crippen molar-refractivity contribution in [1.29, 1.82) is 0 Å². The maximum Gasteiger partial charge on any atom is 0.272 e. The first kappa shape index (κ1) is 18.1. The zero-order chi connectivity index (χ0) is 19.4. The quantitative estimate of drug-likeness (QED) is 0.862. The number of nitrogens with zero attached hydrogens (tertiary/aromatic N) is 4. The third-order valence-electron chi connectivity index (χ3n) is 6.17. The Bertz CT molecular complexity index is 870. The van der Waals surface area contributed by atoms with Gasteiger partial charge in [-0.15, -0.1) is 0 Å². The predicted molar refractivity (Wildman–Crippen MR) is 101 cm³/mol. The maximum atomic E-state index is 13.0. The lowest BCUT2D eigenvalue weighted by Crippen LogP contribution is -2.46. The molecule has 144 valence electrons. The summed E-state index contributed by atoms with van der Waals surface area (Å²) in [5.74, 6) is 0.819. The summed E-state index contributed by atoms with van der Waals surface area (Å²) in [4.78, 5) is 21.6. The molecule has 1 saturated carbocycles. The first-order chi connectivity index (χ1) is 12.7. The van der Waals surface area contributed by atoms with Gasteiger partial charge in [0.05, 0.1) is 24.5 Å². The van der Waals surface area contributed by atoms with Crippen molar-refractivity contribution >= 4 is 5.91 Å². The molecule has 0 bridgehead atoms. The predicted octanol–water partition coefficient (Wildman–Crippen LogP) is 2.24. The van der Waals surface area contributed by atoms with E-state index in [2.05, 4.69) is 27.3 Å². The summed E-state index contributed by atoms with van der Waals surface area (Å²) in [6, 6.07) is -0.336. The van der Waals surface area contributed by atoms with Gasteiger partial charge in [-0.1, -0.05) is 27.7 Å². The second-order valence-corrected chi connectivity index (χ2v) is 9.17. The van der Waals surface area contributed by atoms with Gasteiger partial charge in [0.25, 0.3) is 5.91 Å². The van der Waals surface area contributed by atoms with Crippen molar-refractivity contribution in [3.8, 4) is 5.82 Å². The van der Waals surface area contributed by atoms with Crippen LogP contribution in [-0.2, 0) is 6.42 Å². The lowest BCUT2D eigenvalue weighted by molar-refractivity contribution is 0.0841. The minimum atomic E-state index is -0.336. The molecule has 7 heteroatoms. The van der Waals surface area contributed by atoms with Crippen molar-refractivity contribution in [3.63, 3.8) is 0 Å². The molecule has 4 rings (SSSR count). The normalized spacial score (nSPS) is 24.7. The fourth-order valence-electron chi connectivity index (χ4n) is 4.11. The highest BCUT2D eigenvalue weighted by molar-refractivity contribution is 5.94. The van der Waals surface area contributed by atoms with Gasteiger partial charge >= 0.3 is 0 Å². The molecule has 0 aromatic carbocycles. The van der Waals surface area contributed by atoms with Gasteiger partial charge in [0.1, 0.15) is 0 Å². The number of fused-ring (bicyclic) bond motifs is 3. The molecule has 0 radical (unpaired) electrons. The van der Waals surface area contributed by atoms with Crippen LogP contribution in [0.25, 0.3) is 5.82 Å². The second-order valence-electron chi connectivity index (χ2n) is 9.17. The summed E-state index contributed by atoms with van der Waals surface area (Å²) in [5, 5.41) is 17.3. The van der Waals surface area contributed by atoms with Gasteiger partial charge in [-0.3, -0.25) is 9.78 Å². The molecule has 27 heavy (non-hydrogen) atoms. The van der Waals surface area contributed by atoms with E-state index in [1.54, 1.807) is 23.3 Å². The van der Waals surface area contributed by atoms with E-state index in [1.165, 1.54) is 0 Å². The van der Waals surface area contributed by atoms with Crippen LogP contribution in [0.3, 0.4) is 0 Å². The maximum absolute atomic E-state index is 13.0. The summed E-state index contributed by atoms with van der Waals surface area (Å²) in [7, 11) is 0. The minimum Gasteiger partial charge on any atom is -0.394 e. The Morgan fingerprint density at radius 1 is 1.44 bits per heavy atom. The Balaban J connectivity index is 1.74. The summed E-state index contributed by atoms with van der Waals surface area (Å²) >= 11 is 0. The van der Waals surface area contributed by atoms with Gasteiger partial charge in [0.15, 0.2) is 11.5 Å². The van der Waals surface area contributed by atoms with E-state index in [1.807, 2.05) is 20.8 Å². The molecule has 1 fully saturated rings. The van der Waals surface area contributed by atoms with Crippen LogP contribution < -0.4 is 5.32 Å². The van der Waals surface area contributed by atoms with Gasteiger partial charge in [-0.25, -0.2) is 9.67 Å². The molecule has 7 nitrogen and oxygen atoms in total. The number of carbonyl (C=O) groups excluding carboxylic acids is 1. The van der Waals surface area contributed by atoms with Gasteiger partial charge < -0.3 is 10.4 Å². The fourth-order valence-corrected chi connectivity index (χ4v) is 4.11. The Labute approximate surface area is 159 Å². The van der Waals surface area contributed by atoms with Crippen molar-refractivity contribution in [1.82, 2.24) is 25.1 Å². The Kier molecular flexibility index (Phi) is 4.10. The standard InChI is InChI=1S/C20H27N5O2/c1-19(2,3)14(11-26)23-18(27)16-12-5-6-20(4)9-13(20)17(12)25(24-16)15-10-21-7-8-22-15/h7-8,10,13-14,26H,5-6,9,11H2,1-4H3,(H,23,27)/t13-,14-,20-/m1/s1. The van der Waals surface area contributed by atoms with Crippen molar-refractivity contribution in [3.05, 3.63) is 35.5 Å². The van der Waals surface area contributed by atoms with Crippen LogP contribution in [0.4, 0.5) is 0 Å². The Morgan fingerprint density at radius 3 is 2.85 bits per heavy atom. The van der Waals surface area contributed by atoms with Gasteiger partial charge in [0.2, 0.25) is 0 Å². The smallest absolute Gasteiger partial charge is 0.272 e. The third kappa shape index (κ3) is 3.04. The van der Waals surface area contributed by atoms with E-state index >= 15 is 0 Å². The number of aliphatic hydroxyl groups is 1. The average molecular weight is 369 g/mol. The molecular formula is C20H27N5O2. The van der Waals surface area contributed by atoms with Crippen LogP contribution >= 0.6 is 0 Å². The second kappa shape index (κ2) is 6.12. The molecule has 2 aliphatic rings. The zero-order valence-electron chi connectivity index (χ0n) is 16.4. The summed E-state index contributed by atoms with van der Waals surface area (Å²) in [6.07, 6.45) is 7.97. The lowest BCUT2D eigenvalue weighted by atomic mass is 9.86. The molecule has 0 aliphatic heterocycles. The van der Waals surface area contributed by atoms with E-state index in [-0.39, 0.29) is 24.0 Å². The van der Waals surface area contributed by atoms with Crippen molar-refractivity contribution < 1.29 is 9.90 Å². The Hall–Kier alpha value is -2.28. The van der Waals surface area contributed by atoms with E-state index in [4.69, 9.17) is 0 Å². The number of nitrogens with one attached hydrogen (secondary N) is 1. The molecule has 0 unspecified atom stereocenters. The van der Waals surface area contributed by atoms with Gasteiger partial charge in [-0.2, -0.15) is 5.10 Å². The molecule has 1 amide bonds. The molecule has 2 aromatic heterocycles. The molecule has 2 aromatic rings. The number of aliphatic hydroxyl groups excluding tert-OH is 1. The molecule has 3 atom stereocenters. The summed E-state index contributed by atoms with van der Waals surface area (Å²) < 4.78 is 1.80. The SMILES string of the molecule is CC(C)(C)[C@@H](CO)NC(=O)c1nn(-c2cnccn2)c2c1CC[C@]1(C)C[C@H]21. The largest absolute Gasteiger partial charge is 0.394 e. The van der Waals surface area contributed by atoms with E-state index in [0.717, 1.165) is 30.5 Å². The van der Waals surface area contributed by atoms with Crippen LogP contribution in [0, 0.1) is 10.8 Å². The lowest BCUT2D eigenvalue weighted by Gasteiger charge is -2.29.